The lowest BCUT2D eigenvalue weighted by Gasteiger charge is -2.05. The molecule has 2 N–H and O–H groups in total. The second-order valence-electron chi connectivity index (χ2n) is 3.93. The van der Waals surface area contributed by atoms with Crippen molar-refractivity contribution in [3.8, 4) is 0 Å². The summed E-state index contributed by atoms with van der Waals surface area (Å²) in [4.78, 5) is 4.10. The number of nitrogens with zero attached hydrogens (tertiary/aromatic N) is 3. The number of rotatable bonds is 5. The fourth-order valence-electron chi connectivity index (χ4n) is 1.50. The summed E-state index contributed by atoms with van der Waals surface area (Å²) in [5, 5.41) is 6.93. The van der Waals surface area contributed by atoms with Gasteiger partial charge in [-0.05, 0) is 18.2 Å². The van der Waals surface area contributed by atoms with Crippen LogP contribution in [-0.2, 0) is 23.6 Å². The van der Waals surface area contributed by atoms with Gasteiger partial charge in [-0.1, -0.05) is 0 Å². The first kappa shape index (κ1) is 13.5. The second kappa shape index (κ2) is 5.37. The summed E-state index contributed by atoms with van der Waals surface area (Å²) in [6.07, 6.45) is 3.07. The molecule has 0 radical (unpaired) electrons. The zero-order valence-corrected chi connectivity index (χ0v) is 11.5. The maximum Gasteiger partial charge on any atom is 0.242 e. The van der Waals surface area contributed by atoms with E-state index < -0.39 is 10.0 Å². The molecular weight excluding hydrogens is 266 g/mol. The topological polar surface area (TPSA) is 88.9 Å². The third-order valence-corrected chi connectivity index (χ3v) is 3.90. The predicted octanol–water partition coefficient (Wildman–Crippen LogP) is 0.335. The summed E-state index contributed by atoms with van der Waals surface area (Å²) in [6, 6.07) is 4.86. The lowest BCUT2D eigenvalue weighted by Crippen LogP contribution is -2.23. The number of anilines is 1. The molecule has 0 saturated heterocycles. The molecule has 19 heavy (non-hydrogen) atoms. The maximum absolute atomic E-state index is 12.0. The molecule has 0 spiro atoms. The highest BCUT2D eigenvalue weighted by Gasteiger charge is 2.14. The molecule has 2 aromatic heterocycles. The number of aryl methyl sites for hydroxylation is 1. The van der Waals surface area contributed by atoms with Crippen LogP contribution in [0.2, 0.25) is 0 Å². The van der Waals surface area contributed by atoms with Crippen molar-refractivity contribution in [2.75, 3.05) is 12.4 Å². The van der Waals surface area contributed by atoms with Crippen molar-refractivity contribution in [1.82, 2.24) is 19.5 Å². The van der Waals surface area contributed by atoms with Crippen molar-refractivity contribution in [2.45, 2.75) is 11.4 Å². The Morgan fingerprint density at radius 1 is 1.32 bits per heavy atom. The van der Waals surface area contributed by atoms with Crippen molar-refractivity contribution in [1.29, 1.82) is 0 Å². The Labute approximate surface area is 111 Å². The van der Waals surface area contributed by atoms with E-state index >= 15 is 0 Å². The number of hydrogen-bond donors (Lipinski definition) is 2. The van der Waals surface area contributed by atoms with Gasteiger partial charge in [-0.15, -0.1) is 0 Å². The highest BCUT2D eigenvalue weighted by atomic mass is 32.2. The maximum atomic E-state index is 12.0. The highest BCUT2D eigenvalue weighted by Crippen LogP contribution is 2.10. The van der Waals surface area contributed by atoms with Crippen LogP contribution < -0.4 is 10.0 Å². The average Bonchev–Trinajstić information content (AvgIpc) is 2.82. The molecule has 2 heterocycles. The van der Waals surface area contributed by atoms with E-state index in [4.69, 9.17) is 0 Å². The minimum atomic E-state index is -3.56. The van der Waals surface area contributed by atoms with Crippen LogP contribution in [-0.4, -0.2) is 30.2 Å². The molecule has 0 amide bonds. The van der Waals surface area contributed by atoms with Crippen LogP contribution in [0.1, 0.15) is 5.69 Å². The van der Waals surface area contributed by atoms with Gasteiger partial charge in [0.1, 0.15) is 10.7 Å². The fraction of sp³-hybridized carbons (Fsp3) is 0.273. The van der Waals surface area contributed by atoms with Gasteiger partial charge in [-0.25, -0.2) is 18.1 Å². The van der Waals surface area contributed by atoms with E-state index in [0.29, 0.717) is 11.5 Å². The number of sulfonamides is 1. The minimum absolute atomic E-state index is 0.127. The zero-order chi connectivity index (χ0) is 13.9. The van der Waals surface area contributed by atoms with E-state index in [0.717, 1.165) is 0 Å². The van der Waals surface area contributed by atoms with E-state index in [-0.39, 0.29) is 11.4 Å². The summed E-state index contributed by atoms with van der Waals surface area (Å²) in [5.41, 5.74) is 0.658. The lowest BCUT2D eigenvalue weighted by molar-refractivity contribution is 0.579. The Kier molecular flexibility index (Phi) is 3.82. The van der Waals surface area contributed by atoms with Crippen LogP contribution in [0, 0.1) is 0 Å². The second-order valence-corrected chi connectivity index (χ2v) is 5.70. The van der Waals surface area contributed by atoms with Gasteiger partial charge in [0, 0.05) is 26.5 Å². The molecule has 0 unspecified atom stereocenters. The quantitative estimate of drug-likeness (QED) is 0.824. The molecule has 2 rings (SSSR count). The first-order chi connectivity index (χ1) is 9.01. The zero-order valence-electron chi connectivity index (χ0n) is 10.7. The first-order valence-corrected chi connectivity index (χ1v) is 7.11. The van der Waals surface area contributed by atoms with E-state index in [9.17, 15) is 8.42 Å². The average molecular weight is 281 g/mol. The third-order valence-electron chi connectivity index (χ3n) is 2.51. The molecule has 0 atom stereocenters. The molecule has 102 valence electrons. The van der Waals surface area contributed by atoms with Crippen LogP contribution in [0.3, 0.4) is 0 Å². The van der Waals surface area contributed by atoms with Gasteiger partial charge in [-0.3, -0.25) is 4.68 Å². The van der Waals surface area contributed by atoms with Crippen molar-refractivity contribution in [2.24, 2.45) is 7.05 Å². The molecule has 0 aliphatic heterocycles. The number of pyridine rings is 1. The van der Waals surface area contributed by atoms with Crippen LogP contribution in [0.15, 0.2) is 35.5 Å². The van der Waals surface area contributed by atoms with Crippen molar-refractivity contribution in [3.63, 3.8) is 0 Å². The molecule has 0 aromatic carbocycles. The first-order valence-electron chi connectivity index (χ1n) is 5.63. The Bertz CT molecular complexity index is 648. The molecule has 0 saturated carbocycles. The predicted molar refractivity (Wildman–Crippen MR) is 71.0 cm³/mol. The van der Waals surface area contributed by atoms with Crippen molar-refractivity contribution >= 4 is 15.8 Å². The molecule has 2 aromatic rings. The molecule has 0 bridgehead atoms. The van der Waals surface area contributed by atoms with Crippen molar-refractivity contribution in [3.05, 3.63) is 36.3 Å². The molecule has 0 fully saturated rings. The standard InChI is InChI=1S/C11H15N5O2S/c1-12-11-4-3-10(8-13-11)19(17,18)14-7-9-5-6-16(2)15-9/h3-6,8,14H,7H2,1-2H3,(H,12,13). The van der Waals surface area contributed by atoms with E-state index in [1.165, 1.54) is 12.3 Å². The minimum Gasteiger partial charge on any atom is -0.373 e. The van der Waals surface area contributed by atoms with Gasteiger partial charge >= 0.3 is 0 Å². The summed E-state index contributed by atoms with van der Waals surface area (Å²) in [6.45, 7) is 0.150. The van der Waals surface area contributed by atoms with Gasteiger partial charge in [0.15, 0.2) is 0 Å². The number of hydrogen-bond acceptors (Lipinski definition) is 5. The monoisotopic (exact) mass is 281 g/mol. The van der Waals surface area contributed by atoms with Crippen LogP contribution in [0.4, 0.5) is 5.82 Å². The largest absolute Gasteiger partial charge is 0.373 e. The van der Waals surface area contributed by atoms with Gasteiger partial charge in [-0.2, -0.15) is 5.10 Å². The third kappa shape index (κ3) is 3.30. The van der Waals surface area contributed by atoms with Gasteiger partial charge in [0.2, 0.25) is 10.0 Å². The number of nitrogens with one attached hydrogen (secondary N) is 2. The Balaban J connectivity index is 2.09. The molecule has 0 aliphatic carbocycles. The van der Waals surface area contributed by atoms with Gasteiger partial charge < -0.3 is 5.32 Å². The normalized spacial score (nSPS) is 11.5. The van der Waals surface area contributed by atoms with Crippen molar-refractivity contribution < 1.29 is 8.42 Å². The summed E-state index contributed by atoms with van der Waals surface area (Å²) >= 11 is 0. The fourth-order valence-corrected chi connectivity index (χ4v) is 2.44. The van der Waals surface area contributed by atoms with Crippen LogP contribution in [0.25, 0.3) is 0 Å². The summed E-state index contributed by atoms with van der Waals surface area (Å²) in [7, 11) is -0.0695. The van der Waals surface area contributed by atoms with Crippen LogP contribution in [0.5, 0.6) is 0 Å². The van der Waals surface area contributed by atoms with Gasteiger partial charge in [0.25, 0.3) is 0 Å². The summed E-state index contributed by atoms with van der Waals surface area (Å²) in [5.74, 6) is 0.615. The smallest absolute Gasteiger partial charge is 0.242 e. The summed E-state index contributed by atoms with van der Waals surface area (Å²) < 4.78 is 28.1. The lowest BCUT2D eigenvalue weighted by atomic mass is 10.4. The molecular formula is C11H15N5O2S. The van der Waals surface area contributed by atoms with E-state index in [1.807, 2.05) is 0 Å². The van der Waals surface area contributed by atoms with E-state index in [2.05, 4.69) is 20.1 Å². The Hall–Kier alpha value is -1.93. The van der Waals surface area contributed by atoms with E-state index in [1.54, 1.807) is 37.1 Å². The molecule has 0 aliphatic rings. The molecule has 7 nitrogen and oxygen atoms in total. The molecule has 8 heteroatoms. The van der Waals surface area contributed by atoms with Gasteiger partial charge in [0.05, 0.1) is 12.2 Å². The Morgan fingerprint density at radius 3 is 2.63 bits per heavy atom. The number of aromatic nitrogens is 3. The SMILES string of the molecule is CNc1ccc(S(=O)(=O)NCc2ccn(C)n2)cn1. The Morgan fingerprint density at radius 2 is 2.11 bits per heavy atom. The highest BCUT2D eigenvalue weighted by molar-refractivity contribution is 7.89. The van der Waals surface area contributed by atoms with Crippen LogP contribution >= 0.6 is 0 Å².